The minimum atomic E-state index is -4.03. The molecular weight excluding hydrogens is 469 g/mol. The largest absolute Gasteiger partial charge is 0.388 e. The Bertz CT molecular complexity index is 1190. The number of benzene rings is 2. The van der Waals surface area contributed by atoms with Crippen molar-refractivity contribution in [3.8, 4) is 0 Å². The number of fused-ring (bicyclic) bond motifs is 2. The van der Waals surface area contributed by atoms with Crippen molar-refractivity contribution < 1.29 is 31.5 Å². The highest BCUT2D eigenvalue weighted by molar-refractivity contribution is 7.92. The molecule has 4 N–H and O–H groups in total. The second-order valence-corrected chi connectivity index (χ2v) is 10.8. The summed E-state index contributed by atoms with van der Waals surface area (Å²) < 4.78 is 66.9. The van der Waals surface area contributed by atoms with Crippen molar-refractivity contribution in [2.45, 2.75) is 35.0 Å². The van der Waals surface area contributed by atoms with Gasteiger partial charge in [-0.2, -0.15) is 0 Å². The van der Waals surface area contributed by atoms with E-state index < -0.39 is 50.0 Å². The molecule has 2 bridgehead atoms. The number of aliphatic hydroxyl groups is 1. The molecule has 4 rings (SSSR count). The van der Waals surface area contributed by atoms with Crippen molar-refractivity contribution in [2.24, 2.45) is 17.6 Å². The fraction of sp³-hybridized carbons (Fsp3) is 0.381. The first-order valence-electron chi connectivity index (χ1n) is 9.89. The van der Waals surface area contributed by atoms with Gasteiger partial charge in [-0.25, -0.2) is 21.6 Å². The van der Waals surface area contributed by atoms with Crippen LogP contribution in [0.3, 0.4) is 0 Å². The highest BCUT2D eigenvalue weighted by Gasteiger charge is 2.60. The molecule has 4 atom stereocenters. The molecule has 0 aromatic heterocycles. The van der Waals surface area contributed by atoms with Crippen LogP contribution in [0.1, 0.15) is 29.6 Å². The molecule has 0 heterocycles. The number of anilines is 1. The molecule has 32 heavy (non-hydrogen) atoms. The lowest BCUT2D eigenvalue weighted by Gasteiger charge is -2.31. The lowest BCUT2D eigenvalue weighted by Crippen LogP contribution is -2.44. The number of amides is 1. The summed E-state index contributed by atoms with van der Waals surface area (Å²) in [5.74, 6) is -6.33. The summed E-state index contributed by atoms with van der Waals surface area (Å²) in [5.41, 5.74) is 3.96. The second kappa shape index (κ2) is 8.02. The van der Waals surface area contributed by atoms with Gasteiger partial charge in [0, 0.05) is 35.8 Å². The SMILES string of the molecule is NC[C@]1(O)CC2CCC1[C@@H]2S(=O)(=O)c1cc(C(=O)Nc2cc(F)c(F)c(F)c2)ccc1Cl. The van der Waals surface area contributed by atoms with E-state index in [1.54, 1.807) is 0 Å². The van der Waals surface area contributed by atoms with Crippen LogP contribution in [0.2, 0.25) is 5.02 Å². The van der Waals surface area contributed by atoms with Gasteiger partial charge in [0.15, 0.2) is 27.3 Å². The molecule has 2 aromatic rings. The van der Waals surface area contributed by atoms with Gasteiger partial charge in [0.1, 0.15) is 0 Å². The summed E-state index contributed by atoms with van der Waals surface area (Å²) in [5, 5.41) is 12.0. The van der Waals surface area contributed by atoms with E-state index in [1.165, 1.54) is 12.1 Å². The fourth-order valence-corrected chi connectivity index (χ4v) is 7.92. The van der Waals surface area contributed by atoms with Crippen LogP contribution in [0.4, 0.5) is 18.9 Å². The third kappa shape index (κ3) is 3.68. The van der Waals surface area contributed by atoms with Gasteiger partial charge < -0.3 is 16.2 Å². The molecule has 2 aromatic carbocycles. The van der Waals surface area contributed by atoms with Crippen molar-refractivity contribution in [2.75, 3.05) is 11.9 Å². The third-order valence-corrected chi connectivity index (χ3v) is 9.29. The lowest BCUT2D eigenvalue weighted by molar-refractivity contribution is -0.00390. The Kier molecular flexibility index (Phi) is 5.77. The quantitative estimate of drug-likeness (QED) is 0.560. The van der Waals surface area contributed by atoms with Crippen LogP contribution in [-0.2, 0) is 9.84 Å². The van der Waals surface area contributed by atoms with Crippen molar-refractivity contribution in [1.82, 2.24) is 0 Å². The van der Waals surface area contributed by atoms with E-state index in [0.717, 1.165) is 6.07 Å². The lowest BCUT2D eigenvalue weighted by atomic mass is 9.84. The molecule has 2 aliphatic rings. The number of hydrogen-bond donors (Lipinski definition) is 3. The number of nitrogens with two attached hydrogens (primary N) is 1. The summed E-state index contributed by atoms with van der Waals surface area (Å²) in [4.78, 5) is 12.3. The Morgan fingerprint density at radius 3 is 2.44 bits per heavy atom. The molecule has 2 unspecified atom stereocenters. The average molecular weight is 489 g/mol. The van der Waals surface area contributed by atoms with Gasteiger partial charge in [0.2, 0.25) is 0 Å². The highest BCUT2D eigenvalue weighted by Crippen LogP contribution is 2.54. The number of hydrogen-bond acceptors (Lipinski definition) is 5. The van der Waals surface area contributed by atoms with Gasteiger partial charge in [-0.1, -0.05) is 11.6 Å². The molecule has 6 nitrogen and oxygen atoms in total. The fourth-order valence-electron chi connectivity index (χ4n) is 4.99. The monoisotopic (exact) mass is 488 g/mol. The summed E-state index contributed by atoms with van der Waals surface area (Å²) in [6.45, 7) is -0.0544. The second-order valence-electron chi connectivity index (χ2n) is 8.32. The first kappa shape index (κ1) is 23.0. The van der Waals surface area contributed by atoms with Gasteiger partial charge >= 0.3 is 0 Å². The summed E-state index contributed by atoms with van der Waals surface area (Å²) in [6, 6.07) is 4.79. The van der Waals surface area contributed by atoms with E-state index in [9.17, 15) is 31.5 Å². The number of sulfone groups is 1. The van der Waals surface area contributed by atoms with Crippen molar-refractivity contribution in [3.05, 3.63) is 58.4 Å². The maximum atomic E-state index is 13.5. The molecule has 0 radical (unpaired) electrons. The molecular formula is C21H20ClF3N2O4S. The molecule has 0 aliphatic heterocycles. The number of rotatable bonds is 5. The summed E-state index contributed by atoms with van der Waals surface area (Å²) in [7, 11) is -4.03. The summed E-state index contributed by atoms with van der Waals surface area (Å²) in [6.07, 6.45) is 1.43. The Morgan fingerprint density at radius 2 is 1.84 bits per heavy atom. The molecule has 2 fully saturated rings. The molecule has 2 saturated carbocycles. The zero-order valence-corrected chi connectivity index (χ0v) is 18.2. The predicted octanol–water partition coefficient (Wildman–Crippen LogP) is 3.27. The van der Waals surface area contributed by atoms with Crippen LogP contribution >= 0.6 is 11.6 Å². The maximum Gasteiger partial charge on any atom is 0.255 e. The van der Waals surface area contributed by atoms with Crippen LogP contribution < -0.4 is 11.1 Å². The minimum Gasteiger partial charge on any atom is -0.388 e. The first-order chi connectivity index (χ1) is 15.0. The van der Waals surface area contributed by atoms with Gasteiger partial charge in [-0.3, -0.25) is 4.79 Å². The van der Waals surface area contributed by atoms with Crippen LogP contribution in [0.25, 0.3) is 0 Å². The van der Waals surface area contributed by atoms with Gasteiger partial charge in [0.05, 0.1) is 20.8 Å². The Labute approximate surface area is 187 Å². The molecule has 1 amide bonds. The minimum absolute atomic E-state index is 0.0544. The van der Waals surface area contributed by atoms with Crippen molar-refractivity contribution in [3.63, 3.8) is 0 Å². The van der Waals surface area contributed by atoms with E-state index >= 15 is 0 Å². The first-order valence-corrected chi connectivity index (χ1v) is 11.8. The zero-order valence-electron chi connectivity index (χ0n) is 16.6. The van der Waals surface area contributed by atoms with E-state index in [4.69, 9.17) is 17.3 Å². The van der Waals surface area contributed by atoms with Crippen LogP contribution in [-0.4, -0.2) is 36.8 Å². The van der Waals surface area contributed by atoms with Gasteiger partial charge in [0.25, 0.3) is 5.91 Å². The maximum absolute atomic E-state index is 13.5. The topological polar surface area (TPSA) is 109 Å². The molecule has 172 valence electrons. The number of carbonyl (C=O) groups is 1. The van der Waals surface area contributed by atoms with Crippen LogP contribution in [0.15, 0.2) is 35.2 Å². The normalized spacial score (nSPS) is 27.0. The third-order valence-electron chi connectivity index (χ3n) is 6.47. The Morgan fingerprint density at radius 1 is 1.19 bits per heavy atom. The Hall–Kier alpha value is -2.14. The van der Waals surface area contributed by atoms with Crippen LogP contribution in [0, 0.1) is 29.3 Å². The standard InChI is InChI=1S/C21H20ClF3N2O4S/c22-14-4-2-10(20(28)27-12-6-15(23)18(25)16(24)7-12)5-17(14)32(30,31)19-11-1-3-13(19)21(29,8-11)9-26/h2,4-7,11,13,19,29H,1,3,8-9,26H2,(H,27,28)/t11?,13?,19-,21-/m1/s1. The van der Waals surface area contributed by atoms with Crippen molar-refractivity contribution >= 4 is 33.0 Å². The highest BCUT2D eigenvalue weighted by atomic mass is 35.5. The number of carbonyl (C=O) groups excluding carboxylic acids is 1. The smallest absolute Gasteiger partial charge is 0.255 e. The predicted molar refractivity (Wildman–Crippen MR) is 112 cm³/mol. The molecule has 11 heteroatoms. The van der Waals surface area contributed by atoms with Crippen LogP contribution in [0.5, 0.6) is 0 Å². The van der Waals surface area contributed by atoms with E-state index in [0.29, 0.717) is 25.0 Å². The van der Waals surface area contributed by atoms with E-state index in [2.05, 4.69) is 5.32 Å². The zero-order chi connectivity index (χ0) is 23.4. The van der Waals surface area contributed by atoms with E-state index in [1.807, 2.05) is 0 Å². The molecule has 0 saturated heterocycles. The number of halogens is 4. The van der Waals surface area contributed by atoms with E-state index in [-0.39, 0.29) is 40.1 Å². The Balaban J connectivity index is 1.65. The summed E-state index contributed by atoms with van der Waals surface area (Å²) >= 11 is 6.16. The molecule has 0 spiro atoms. The average Bonchev–Trinajstić information content (AvgIpc) is 3.28. The number of nitrogens with one attached hydrogen (secondary N) is 1. The molecule has 2 aliphatic carbocycles. The van der Waals surface area contributed by atoms with Gasteiger partial charge in [-0.05, 0) is 43.4 Å². The van der Waals surface area contributed by atoms with Gasteiger partial charge in [-0.15, -0.1) is 0 Å². The van der Waals surface area contributed by atoms with Crippen molar-refractivity contribution in [1.29, 1.82) is 0 Å².